The van der Waals surface area contributed by atoms with Crippen LogP contribution in [0.15, 0.2) is 18.2 Å². The van der Waals surface area contributed by atoms with Gasteiger partial charge in [0, 0.05) is 19.2 Å². The first-order valence-corrected chi connectivity index (χ1v) is 6.43. The lowest BCUT2D eigenvalue weighted by Crippen LogP contribution is -2.59. The van der Waals surface area contributed by atoms with Gasteiger partial charge in [-0.15, -0.1) is 0 Å². The van der Waals surface area contributed by atoms with Crippen molar-refractivity contribution in [3.05, 3.63) is 18.2 Å². The van der Waals surface area contributed by atoms with Gasteiger partial charge in [-0.2, -0.15) is 0 Å². The van der Waals surface area contributed by atoms with E-state index in [9.17, 15) is 4.79 Å². The number of hydrogen-bond acceptors (Lipinski definition) is 5. The molecule has 0 bridgehead atoms. The largest absolute Gasteiger partial charge is 0.497 e. The van der Waals surface area contributed by atoms with Crippen molar-refractivity contribution in [3.8, 4) is 11.5 Å². The fourth-order valence-corrected chi connectivity index (χ4v) is 1.92. The fraction of sp³-hybridized carbons (Fsp3) is 0.500. The fourth-order valence-electron chi connectivity index (χ4n) is 1.92. The highest BCUT2D eigenvalue weighted by Crippen LogP contribution is 2.28. The number of amides is 1. The Labute approximate surface area is 118 Å². The third kappa shape index (κ3) is 3.40. The Morgan fingerprint density at radius 3 is 2.65 bits per heavy atom. The molecule has 2 rings (SSSR count). The van der Waals surface area contributed by atoms with Crippen LogP contribution in [0.5, 0.6) is 11.5 Å². The van der Waals surface area contributed by atoms with Crippen LogP contribution in [0.4, 0.5) is 5.69 Å². The Hall–Kier alpha value is -1.79. The molecule has 1 aliphatic rings. The molecule has 2 N–H and O–H groups in total. The molecule has 0 unspecified atom stereocenters. The topological polar surface area (TPSA) is 68.8 Å². The Morgan fingerprint density at radius 2 is 2.10 bits per heavy atom. The van der Waals surface area contributed by atoms with E-state index in [0.717, 1.165) is 13.1 Å². The molecular weight excluding hydrogens is 260 g/mol. The summed E-state index contributed by atoms with van der Waals surface area (Å²) in [4.78, 5) is 11.9. The van der Waals surface area contributed by atoms with E-state index in [2.05, 4.69) is 10.6 Å². The highest BCUT2D eigenvalue weighted by molar-refractivity contribution is 5.93. The Kier molecular flexibility index (Phi) is 4.46. The monoisotopic (exact) mass is 280 g/mol. The van der Waals surface area contributed by atoms with Crippen LogP contribution in [-0.4, -0.2) is 45.4 Å². The maximum Gasteiger partial charge on any atom is 0.250 e. The summed E-state index contributed by atoms with van der Waals surface area (Å²) in [6.45, 7) is 3.52. The van der Waals surface area contributed by atoms with E-state index in [1.807, 2.05) is 6.92 Å². The Bertz CT molecular complexity index is 486. The highest BCUT2D eigenvalue weighted by Gasteiger charge is 2.33. The minimum atomic E-state index is -0.240. The first kappa shape index (κ1) is 14.6. The number of methoxy groups -OCH3 is 2. The molecule has 110 valence electrons. The van der Waals surface area contributed by atoms with Crippen LogP contribution in [0.25, 0.3) is 0 Å². The van der Waals surface area contributed by atoms with E-state index in [1.165, 1.54) is 0 Å². The van der Waals surface area contributed by atoms with Gasteiger partial charge in [-0.1, -0.05) is 0 Å². The van der Waals surface area contributed by atoms with E-state index >= 15 is 0 Å². The summed E-state index contributed by atoms with van der Waals surface area (Å²) in [5.74, 6) is 1.01. The van der Waals surface area contributed by atoms with Crippen LogP contribution in [0.3, 0.4) is 0 Å². The molecule has 1 aromatic rings. The third-order valence-electron chi connectivity index (χ3n) is 3.23. The summed E-state index contributed by atoms with van der Waals surface area (Å²) >= 11 is 0. The maximum absolute atomic E-state index is 11.9. The molecule has 0 aromatic heterocycles. The van der Waals surface area contributed by atoms with Crippen LogP contribution in [-0.2, 0) is 9.53 Å². The summed E-state index contributed by atoms with van der Waals surface area (Å²) in [6.07, 6.45) is 0. The molecule has 0 radical (unpaired) electrons. The summed E-state index contributed by atoms with van der Waals surface area (Å²) in [5.41, 5.74) is 0.327. The molecule has 6 heteroatoms. The van der Waals surface area contributed by atoms with Crippen LogP contribution >= 0.6 is 0 Å². The zero-order chi connectivity index (χ0) is 14.6. The predicted molar refractivity (Wildman–Crippen MR) is 75.4 cm³/mol. The summed E-state index contributed by atoms with van der Waals surface area (Å²) in [6, 6.07) is 5.22. The molecule has 6 nitrogen and oxygen atoms in total. The van der Waals surface area contributed by atoms with Crippen molar-refractivity contribution in [2.24, 2.45) is 0 Å². The second-order valence-electron chi connectivity index (χ2n) is 4.96. The van der Waals surface area contributed by atoms with Crippen molar-refractivity contribution in [3.63, 3.8) is 0 Å². The van der Waals surface area contributed by atoms with Gasteiger partial charge in [0.2, 0.25) is 0 Å². The number of nitrogens with one attached hydrogen (secondary N) is 2. The number of anilines is 1. The molecule has 1 aliphatic heterocycles. The van der Waals surface area contributed by atoms with E-state index < -0.39 is 0 Å². The van der Waals surface area contributed by atoms with Gasteiger partial charge >= 0.3 is 0 Å². The van der Waals surface area contributed by atoms with Crippen LogP contribution in [0.2, 0.25) is 0 Å². The molecule has 20 heavy (non-hydrogen) atoms. The summed E-state index contributed by atoms with van der Waals surface area (Å²) < 4.78 is 15.9. The van der Waals surface area contributed by atoms with Gasteiger partial charge < -0.3 is 24.8 Å². The molecule has 1 fully saturated rings. The van der Waals surface area contributed by atoms with E-state index in [4.69, 9.17) is 14.2 Å². The zero-order valence-electron chi connectivity index (χ0n) is 12.0. The smallest absolute Gasteiger partial charge is 0.250 e. The Balaban J connectivity index is 1.95. The van der Waals surface area contributed by atoms with Crippen molar-refractivity contribution in [2.45, 2.75) is 12.5 Å². The number of carbonyl (C=O) groups excluding carboxylic acids is 1. The van der Waals surface area contributed by atoms with Crippen molar-refractivity contribution < 1.29 is 19.0 Å². The second-order valence-corrected chi connectivity index (χ2v) is 4.96. The van der Waals surface area contributed by atoms with Crippen LogP contribution in [0.1, 0.15) is 6.92 Å². The number of carbonyl (C=O) groups is 1. The van der Waals surface area contributed by atoms with Crippen molar-refractivity contribution in [1.82, 2.24) is 5.32 Å². The second kappa shape index (κ2) is 6.11. The van der Waals surface area contributed by atoms with Gasteiger partial charge in [0.05, 0.1) is 25.5 Å². The SMILES string of the molecule is COc1ccc(OC)c(NC(=O)COC2(C)CNC2)c1. The number of benzene rings is 1. The first-order valence-electron chi connectivity index (χ1n) is 6.43. The molecule has 1 aromatic carbocycles. The molecule has 0 aliphatic carbocycles. The first-order chi connectivity index (χ1) is 9.56. The van der Waals surface area contributed by atoms with E-state index in [-0.39, 0.29) is 18.1 Å². The molecule has 0 atom stereocenters. The third-order valence-corrected chi connectivity index (χ3v) is 3.23. The lowest BCUT2D eigenvalue weighted by Gasteiger charge is -2.38. The van der Waals surface area contributed by atoms with Gasteiger partial charge in [-0.3, -0.25) is 4.79 Å². The minimum Gasteiger partial charge on any atom is -0.497 e. The number of rotatable bonds is 6. The maximum atomic E-state index is 11.9. The average molecular weight is 280 g/mol. The summed E-state index contributed by atoms with van der Waals surface area (Å²) in [5, 5.41) is 5.88. The van der Waals surface area contributed by atoms with Crippen molar-refractivity contribution in [1.29, 1.82) is 0 Å². The van der Waals surface area contributed by atoms with Gasteiger partial charge in [-0.25, -0.2) is 0 Å². The lowest BCUT2D eigenvalue weighted by atomic mass is 10.0. The van der Waals surface area contributed by atoms with Crippen molar-refractivity contribution in [2.75, 3.05) is 39.2 Å². The zero-order valence-corrected chi connectivity index (χ0v) is 12.0. The number of hydrogen-bond donors (Lipinski definition) is 2. The lowest BCUT2D eigenvalue weighted by molar-refractivity contribution is -0.130. The van der Waals surface area contributed by atoms with Gasteiger partial charge in [0.25, 0.3) is 5.91 Å². The quantitative estimate of drug-likeness (QED) is 0.814. The van der Waals surface area contributed by atoms with E-state index in [0.29, 0.717) is 17.2 Å². The minimum absolute atomic E-state index is 0.0124. The molecule has 1 heterocycles. The van der Waals surface area contributed by atoms with Gasteiger partial charge in [0.15, 0.2) is 0 Å². The predicted octanol–water partition coefficient (Wildman–Crippen LogP) is 1.02. The van der Waals surface area contributed by atoms with Gasteiger partial charge in [-0.05, 0) is 19.1 Å². The normalized spacial score (nSPS) is 16.1. The molecule has 1 amide bonds. The highest BCUT2D eigenvalue weighted by atomic mass is 16.5. The van der Waals surface area contributed by atoms with Crippen LogP contribution in [0, 0.1) is 0 Å². The molecule has 0 saturated carbocycles. The van der Waals surface area contributed by atoms with Gasteiger partial charge in [0.1, 0.15) is 18.1 Å². The average Bonchev–Trinajstić information content (AvgIpc) is 2.43. The standard InChI is InChI=1S/C14H20N2O4/c1-14(8-15-9-14)20-7-13(17)16-11-6-10(18-2)4-5-12(11)19-3/h4-6,15H,7-9H2,1-3H3,(H,16,17). The van der Waals surface area contributed by atoms with Crippen molar-refractivity contribution >= 4 is 11.6 Å². The molecule has 1 saturated heterocycles. The molecular formula is C14H20N2O4. The Morgan fingerprint density at radius 1 is 1.35 bits per heavy atom. The number of ether oxygens (including phenoxy) is 3. The summed E-state index contributed by atoms with van der Waals surface area (Å²) in [7, 11) is 3.12. The van der Waals surface area contributed by atoms with Crippen LogP contribution < -0.4 is 20.1 Å². The van der Waals surface area contributed by atoms with E-state index in [1.54, 1.807) is 32.4 Å². The molecule has 0 spiro atoms.